The monoisotopic (exact) mass is 236 g/mol. The first-order valence-corrected chi connectivity index (χ1v) is 6.98. The van der Waals surface area contributed by atoms with Crippen LogP contribution in [0.2, 0.25) is 0 Å². The van der Waals surface area contributed by atoms with Crippen molar-refractivity contribution < 1.29 is 16.8 Å². The molecule has 0 bridgehead atoms. The van der Waals surface area contributed by atoms with Crippen molar-refractivity contribution in [2.75, 3.05) is 4.72 Å². The summed E-state index contributed by atoms with van der Waals surface area (Å²) in [5, 5.41) is 4.48. The van der Waals surface area contributed by atoms with E-state index >= 15 is 0 Å². The fourth-order valence-electron chi connectivity index (χ4n) is 0.709. The summed E-state index contributed by atoms with van der Waals surface area (Å²) < 4.78 is 45.0. The molecule has 0 fully saturated rings. The highest BCUT2D eigenvalue weighted by Crippen LogP contribution is 2.09. The van der Waals surface area contributed by atoms with Crippen molar-refractivity contribution in [3.63, 3.8) is 0 Å². The zero-order valence-electron chi connectivity index (χ0n) is 6.91. The van der Waals surface area contributed by atoms with E-state index in [1.807, 2.05) is 4.72 Å². The highest BCUT2D eigenvalue weighted by molar-refractivity contribution is 8.66. The van der Waals surface area contributed by atoms with Crippen LogP contribution in [-0.4, -0.2) is 16.8 Å². The Labute approximate surface area is 81.2 Å². The van der Waals surface area contributed by atoms with E-state index in [2.05, 4.69) is 5.14 Å². The van der Waals surface area contributed by atoms with Gasteiger partial charge in [-0.1, -0.05) is 18.2 Å². The van der Waals surface area contributed by atoms with Gasteiger partial charge in [-0.15, -0.1) is 0 Å². The van der Waals surface area contributed by atoms with E-state index in [9.17, 15) is 16.8 Å². The summed E-state index contributed by atoms with van der Waals surface area (Å²) in [6, 6.07) is 7.59. The first kappa shape index (κ1) is 11.0. The van der Waals surface area contributed by atoms with Gasteiger partial charge in [0, 0.05) is 5.69 Å². The van der Waals surface area contributed by atoms with Gasteiger partial charge in [-0.05, 0) is 12.1 Å². The number of nitrogens with two attached hydrogens (primary N) is 1. The number of rotatable bonds is 3. The molecular formula is C6H8N2O4S2. The summed E-state index contributed by atoms with van der Waals surface area (Å²) in [6.45, 7) is 0. The summed E-state index contributed by atoms with van der Waals surface area (Å²) in [7, 11) is -9.19. The largest absolute Gasteiger partial charge is 0.352 e. The molecule has 1 aromatic carbocycles. The fourth-order valence-corrected chi connectivity index (χ4v) is 1.89. The first-order chi connectivity index (χ1) is 6.33. The molecule has 0 atom stereocenters. The minimum Gasteiger partial charge on any atom is -0.270 e. The van der Waals surface area contributed by atoms with Gasteiger partial charge in [0.25, 0.3) is 0 Å². The van der Waals surface area contributed by atoms with Crippen molar-refractivity contribution in [1.82, 2.24) is 0 Å². The van der Waals surface area contributed by atoms with Crippen LogP contribution in [0.1, 0.15) is 0 Å². The van der Waals surface area contributed by atoms with E-state index in [0.29, 0.717) is 0 Å². The minimum atomic E-state index is -4.64. The predicted octanol–water partition coefficient (Wildman–Crippen LogP) is -0.368. The second-order valence-electron chi connectivity index (χ2n) is 2.42. The van der Waals surface area contributed by atoms with Crippen molar-refractivity contribution >= 4 is 23.8 Å². The molecule has 8 heteroatoms. The Morgan fingerprint density at radius 1 is 1.00 bits per heavy atom. The van der Waals surface area contributed by atoms with Gasteiger partial charge in [0.15, 0.2) is 0 Å². The molecule has 0 saturated heterocycles. The molecule has 14 heavy (non-hydrogen) atoms. The quantitative estimate of drug-likeness (QED) is 0.698. The lowest BCUT2D eigenvalue weighted by Gasteiger charge is -2.04. The molecule has 0 saturated carbocycles. The lowest BCUT2D eigenvalue weighted by atomic mass is 10.3. The van der Waals surface area contributed by atoms with Crippen molar-refractivity contribution in [3.05, 3.63) is 30.3 Å². The van der Waals surface area contributed by atoms with Crippen LogP contribution in [0.5, 0.6) is 0 Å². The highest BCUT2D eigenvalue weighted by Gasteiger charge is 2.24. The van der Waals surface area contributed by atoms with Gasteiger partial charge in [0.1, 0.15) is 0 Å². The molecule has 1 rings (SSSR count). The summed E-state index contributed by atoms with van der Waals surface area (Å²) in [5.74, 6) is 0. The second-order valence-corrected chi connectivity index (χ2v) is 7.22. The van der Waals surface area contributed by atoms with E-state index in [1.54, 1.807) is 18.2 Å². The van der Waals surface area contributed by atoms with Crippen LogP contribution in [-0.2, 0) is 18.1 Å². The molecule has 0 aliphatic carbocycles. The Morgan fingerprint density at radius 2 is 1.50 bits per heavy atom. The lowest BCUT2D eigenvalue weighted by molar-refractivity contribution is 0.586. The SMILES string of the molecule is NS(=O)(=O)S(=O)(=O)Nc1ccccc1. The maximum atomic E-state index is 11.0. The van der Waals surface area contributed by atoms with Gasteiger partial charge in [-0.3, -0.25) is 4.72 Å². The van der Waals surface area contributed by atoms with Crippen molar-refractivity contribution in [1.29, 1.82) is 0 Å². The third kappa shape index (κ3) is 2.44. The van der Waals surface area contributed by atoms with Crippen LogP contribution < -0.4 is 9.86 Å². The van der Waals surface area contributed by atoms with Crippen LogP contribution in [0, 0.1) is 0 Å². The highest BCUT2D eigenvalue weighted by atomic mass is 33.2. The zero-order chi connectivity index (χ0) is 10.8. The third-order valence-corrected chi connectivity index (χ3v) is 4.50. The van der Waals surface area contributed by atoms with Crippen molar-refractivity contribution in [2.24, 2.45) is 5.14 Å². The molecule has 3 N–H and O–H groups in total. The van der Waals surface area contributed by atoms with E-state index in [0.717, 1.165) is 0 Å². The molecule has 0 unspecified atom stereocenters. The molecule has 0 spiro atoms. The summed E-state index contributed by atoms with van der Waals surface area (Å²) in [5.41, 5.74) is 0.140. The molecule has 6 nitrogen and oxygen atoms in total. The fraction of sp³-hybridized carbons (Fsp3) is 0. The number of benzene rings is 1. The summed E-state index contributed by atoms with van der Waals surface area (Å²) in [4.78, 5) is 0. The molecule has 0 heterocycles. The Hall–Kier alpha value is -1.12. The van der Waals surface area contributed by atoms with E-state index < -0.39 is 18.1 Å². The number of hydrogen-bond donors (Lipinski definition) is 2. The smallest absolute Gasteiger partial charge is 0.270 e. The lowest BCUT2D eigenvalue weighted by Crippen LogP contribution is -2.29. The third-order valence-electron chi connectivity index (χ3n) is 1.32. The van der Waals surface area contributed by atoms with Crippen molar-refractivity contribution in [3.8, 4) is 0 Å². The Morgan fingerprint density at radius 3 is 1.93 bits per heavy atom. The standard InChI is InChI=1S/C6H8N2O4S2/c7-13(9,10)14(11,12)8-6-4-2-1-3-5-6/h1-5,8H,(H2,7,9,10). The molecule has 1 aromatic rings. The van der Waals surface area contributed by atoms with E-state index in [-0.39, 0.29) is 5.69 Å². The molecule has 0 aliphatic heterocycles. The maximum absolute atomic E-state index is 11.0. The first-order valence-electron chi connectivity index (χ1n) is 3.43. The van der Waals surface area contributed by atoms with Crippen LogP contribution in [0.25, 0.3) is 0 Å². The molecular weight excluding hydrogens is 228 g/mol. The van der Waals surface area contributed by atoms with Crippen LogP contribution in [0.15, 0.2) is 30.3 Å². The van der Waals surface area contributed by atoms with E-state index in [1.165, 1.54) is 12.1 Å². The average Bonchev–Trinajstić information content (AvgIpc) is 2.03. The topological polar surface area (TPSA) is 106 Å². The number of nitrogens with one attached hydrogen (secondary N) is 1. The summed E-state index contributed by atoms with van der Waals surface area (Å²) in [6.07, 6.45) is 0. The summed E-state index contributed by atoms with van der Waals surface area (Å²) >= 11 is 0. The van der Waals surface area contributed by atoms with Gasteiger partial charge in [0.2, 0.25) is 0 Å². The van der Waals surface area contributed by atoms with Gasteiger partial charge in [0.05, 0.1) is 0 Å². The number of para-hydroxylation sites is 1. The van der Waals surface area contributed by atoms with Gasteiger partial charge in [-0.25, -0.2) is 5.14 Å². The average molecular weight is 236 g/mol. The predicted molar refractivity (Wildman–Crippen MR) is 52.1 cm³/mol. The number of anilines is 1. The normalized spacial score (nSPS) is 12.4. The molecule has 0 amide bonds. The Kier molecular flexibility index (Phi) is 2.79. The second kappa shape index (κ2) is 3.56. The number of hydrogen-bond acceptors (Lipinski definition) is 4. The minimum absolute atomic E-state index is 0.140. The van der Waals surface area contributed by atoms with Gasteiger partial charge >= 0.3 is 18.1 Å². The molecule has 0 radical (unpaired) electrons. The Balaban J connectivity index is 3.03. The maximum Gasteiger partial charge on any atom is 0.352 e. The Bertz CT molecular complexity index is 506. The van der Waals surface area contributed by atoms with Gasteiger partial charge in [-0.2, -0.15) is 16.8 Å². The molecule has 0 aliphatic rings. The molecule has 78 valence electrons. The zero-order valence-corrected chi connectivity index (χ0v) is 8.55. The van der Waals surface area contributed by atoms with Gasteiger partial charge < -0.3 is 0 Å². The van der Waals surface area contributed by atoms with Crippen LogP contribution >= 0.6 is 0 Å². The molecule has 0 aromatic heterocycles. The van der Waals surface area contributed by atoms with E-state index in [4.69, 9.17) is 0 Å². The van der Waals surface area contributed by atoms with Crippen LogP contribution in [0.4, 0.5) is 5.69 Å². The van der Waals surface area contributed by atoms with Crippen molar-refractivity contribution in [2.45, 2.75) is 0 Å². The van der Waals surface area contributed by atoms with Crippen LogP contribution in [0.3, 0.4) is 0 Å².